The first-order valence-electron chi connectivity index (χ1n) is 7.97. The minimum absolute atomic E-state index is 0.120. The Morgan fingerprint density at radius 3 is 2.37 bits per heavy atom. The largest absolute Gasteiger partial charge is 0.508 e. The lowest BCUT2D eigenvalue weighted by Crippen LogP contribution is -1.90. The maximum absolute atomic E-state index is 11.8. The van der Waals surface area contributed by atoms with E-state index >= 15 is 0 Å². The number of carbonyl (C=O) groups is 2. The number of phenolic OH excluding ortho intramolecular Hbond substituents is 3. The van der Waals surface area contributed by atoms with Crippen LogP contribution in [0.3, 0.4) is 0 Å². The molecule has 0 aliphatic heterocycles. The first kappa shape index (κ1) is 19.5. The lowest BCUT2D eigenvalue weighted by Gasteiger charge is -2.00. The third-order valence-corrected chi connectivity index (χ3v) is 3.59. The number of carbonyl (C=O) groups excluding carboxylic acids is 2. The highest BCUT2D eigenvalue weighted by Crippen LogP contribution is 2.25. The second-order valence-electron chi connectivity index (χ2n) is 5.67. The summed E-state index contributed by atoms with van der Waals surface area (Å²) in [7, 11) is 0. The minimum atomic E-state index is -0.431. The van der Waals surface area contributed by atoms with E-state index in [9.17, 15) is 30.0 Å². The average molecular weight is 366 g/mol. The Bertz CT molecular complexity index is 938. The number of rotatable bonds is 7. The normalized spacial score (nSPS) is 11.9. The van der Waals surface area contributed by atoms with Crippen LogP contribution in [0.2, 0.25) is 0 Å². The van der Waals surface area contributed by atoms with Crippen LogP contribution < -0.4 is 0 Å². The number of aliphatic hydroxyl groups excluding tert-OH is 1. The van der Waals surface area contributed by atoms with Gasteiger partial charge in [-0.3, -0.25) is 9.59 Å². The van der Waals surface area contributed by atoms with Gasteiger partial charge in [-0.2, -0.15) is 0 Å². The molecule has 0 radical (unpaired) electrons. The second kappa shape index (κ2) is 9.05. The zero-order chi connectivity index (χ0) is 19.8. The maximum atomic E-state index is 11.8. The molecule has 2 aromatic rings. The van der Waals surface area contributed by atoms with Gasteiger partial charge in [0.2, 0.25) is 0 Å². The van der Waals surface area contributed by atoms with E-state index in [1.54, 1.807) is 12.1 Å². The van der Waals surface area contributed by atoms with Crippen LogP contribution in [0.15, 0.2) is 66.5 Å². The van der Waals surface area contributed by atoms with Crippen LogP contribution >= 0.6 is 0 Å². The minimum Gasteiger partial charge on any atom is -0.508 e. The van der Waals surface area contributed by atoms with Crippen LogP contribution in [-0.2, 0) is 11.2 Å². The standard InChI is InChI=1S/C21H18O6/c22-13-16-7-4-14(10-20(16)26)2-1-3-17(23)12-18(24)8-5-15-6-9-19(25)21(27)11-15/h1,3-13,24-27H,2H2/b3-1+,8-5+,18-12-. The Hall–Kier alpha value is -3.80. The summed E-state index contributed by atoms with van der Waals surface area (Å²) in [5.41, 5.74) is 1.45. The van der Waals surface area contributed by atoms with Gasteiger partial charge in [-0.25, -0.2) is 0 Å². The molecule has 27 heavy (non-hydrogen) atoms. The number of aromatic hydroxyl groups is 3. The van der Waals surface area contributed by atoms with E-state index in [0.717, 1.165) is 11.6 Å². The van der Waals surface area contributed by atoms with E-state index in [1.165, 1.54) is 48.6 Å². The van der Waals surface area contributed by atoms with Crippen LogP contribution in [0.1, 0.15) is 21.5 Å². The molecule has 0 unspecified atom stereocenters. The van der Waals surface area contributed by atoms with Crippen LogP contribution in [0.4, 0.5) is 0 Å². The number of hydrogen-bond acceptors (Lipinski definition) is 6. The number of benzene rings is 2. The Labute approximate surface area is 155 Å². The predicted octanol–water partition coefficient (Wildman–Crippen LogP) is 3.44. The Kier molecular flexibility index (Phi) is 6.55. The van der Waals surface area contributed by atoms with Gasteiger partial charge in [0.15, 0.2) is 23.6 Å². The zero-order valence-corrected chi connectivity index (χ0v) is 14.2. The van der Waals surface area contributed by atoms with Crippen LogP contribution in [0, 0.1) is 0 Å². The fourth-order valence-electron chi connectivity index (χ4n) is 2.19. The van der Waals surface area contributed by atoms with Crippen molar-refractivity contribution >= 4 is 18.1 Å². The lowest BCUT2D eigenvalue weighted by atomic mass is 10.1. The van der Waals surface area contributed by atoms with E-state index in [1.807, 2.05) is 0 Å². The average Bonchev–Trinajstić information content (AvgIpc) is 2.63. The molecule has 0 amide bonds. The summed E-state index contributed by atoms with van der Waals surface area (Å²) in [6, 6.07) is 8.76. The van der Waals surface area contributed by atoms with Crippen molar-refractivity contribution in [2.45, 2.75) is 6.42 Å². The van der Waals surface area contributed by atoms with Crippen LogP contribution in [0.25, 0.3) is 6.08 Å². The molecule has 0 aliphatic rings. The molecule has 0 fully saturated rings. The van der Waals surface area contributed by atoms with Gasteiger partial charge in [0.1, 0.15) is 11.5 Å². The zero-order valence-electron chi connectivity index (χ0n) is 14.2. The number of ketones is 1. The van der Waals surface area contributed by atoms with Crippen molar-refractivity contribution in [3.05, 3.63) is 83.2 Å². The molecule has 0 saturated carbocycles. The van der Waals surface area contributed by atoms with Crippen molar-refractivity contribution in [1.29, 1.82) is 0 Å². The van der Waals surface area contributed by atoms with E-state index in [2.05, 4.69) is 0 Å². The lowest BCUT2D eigenvalue weighted by molar-refractivity contribution is -0.110. The summed E-state index contributed by atoms with van der Waals surface area (Å²) in [4.78, 5) is 22.4. The molecule has 2 aromatic carbocycles. The van der Waals surface area contributed by atoms with Gasteiger partial charge < -0.3 is 20.4 Å². The highest BCUT2D eigenvalue weighted by Gasteiger charge is 2.01. The van der Waals surface area contributed by atoms with Crippen molar-refractivity contribution in [3.8, 4) is 17.2 Å². The highest BCUT2D eigenvalue weighted by atomic mass is 16.3. The molecule has 0 aromatic heterocycles. The quantitative estimate of drug-likeness (QED) is 0.196. The summed E-state index contributed by atoms with van der Waals surface area (Å²) in [5, 5.41) is 38.0. The Morgan fingerprint density at radius 1 is 0.926 bits per heavy atom. The molecular weight excluding hydrogens is 348 g/mol. The van der Waals surface area contributed by atoms with Gasteiger partial charge in [0.05, 0.1) is 5.56 Å². The molecule has 4 N–H and O–H groups in total. The smallest absolute Gasteiger partial charge is 0.182 e. The summed E-state index contributed by atoms with van der Waals surface area (Å²) < 4.78 is 0. The molecule has 0 bridgehead atoms. The van der Waals surface area contributed by atoms with Crippen molar-refractivity contribution < 1.29 is 30.0 Å². The molecule has 138 valence electrons. The number of hydrogen-bond donors (Lipinski definition) is 4. The number of aldehydes is 1. The SMILES string of the molecule is O=Cc1ccc(C/C=C/C(=O)/C=C(O)/C=C/c2ccc(O)c(O)c2)cc1O. The summed E-state index contributed by atoms with van der Waals surface area (Å²) >= 11 is 0. The third-order valence-electron chi connectivity index (χ3n) is 3.59. The van der Waals surface area contributed by atoms with Gasteiger partial charge >= 0.3 is 0 Å². The highest BCUT2D eigenvalue weighted by molar-refractivity contribution is 5.99. The van der Waals surface area contributed by atoms with Gasteiger partial charge in [0.25, 0.3) is 0 Å². The van der Waals surface area contributed by atoms with Gasteiger partial charge in [0, 0.05) is 6.08 Å². The van der Waals surface area contributed by atoms with Crippen molar-refractivity contribution in [3.63, 3.8) is 0 Å². The number of phenols is 3. The number of aliphatic hydroxyl groups is 1. The fourth-order valence-corrected chi connectivity index (χ4v) is 2.19. The summed E-state index contributed by atoms with van der Waals surface area (Å²) in [6.45, 7) is 0. The molecule has 0 saturated heterocycles. The molecule has 0 spiro atoms. The van der Waals surface area contributed by atoms with Crippen molar-refractivity contribution in [2.75, 3.05) is 0 Å². The topological polar surface area (TPSA) is 115 Å². The molecule has 0 atom stereocenters. The summed E-state index contributed by atoms with van der Waals surface area (Å²) in [6.07, 6.45) is 7.56. The van der Waals surface area contributed by atoms with Gasteiger partial charge in [-0.1, -0.05) is 24.3 Å². The first-order chi connectivity index (χ1) is 12.9. The van der Waals surface area contributed by atoms with Crippen molar-refractivity contribution in [1.82, 2.24) is 0 Å². The predicted molar refractivity (Wildman–Crippen MR) is 101 cm³/mol. The second-order valence-corrected chi connectivity index (χ2v) is 5.67. The van der Waals surface area contributed by atoms with Gasteiger partial charge in [-0.15, -0.1) is 0 Å². The van der Waals surface area contributed by atoms with E-state index in [-0.39, 0.29) is 28.6 Å². The fraction of sp³-hybridized carbons (Fsp3) is 0.0476. The van der Waals surface area contributed by atoms with E-state index in [4.69, 9.17) is 0 Å². The molecule has 6 nitrogen and oxygen atoms in total. The van der Waals surface area contributed by atoms with Crippen LogP contribution in [-0.4, -0.2) is 32.5 Å². The molecule has 6 heteroatoms. The number of allylic oxidation sites excluding steroid dienone is 4. The maximum Gasteiger partial charge on any atom is 0.182 e. The van der Waals surface area contributed by atoms with Crippen LogP contribution in [0.5, 0.6) is 17.2 Å². The molecule has 0 heterocycles. The van der Waals surface area contributed by atoms with E-state index < -0.39 is 5.78 Å². The molecule has 0 aliphatic carbocycles. The molecular formula is C21H18O6. The third kappa shape index (κ3) is 5.89. The van der Waals surface area contributed by atoms with E-state index in [0.29, 0.717) is 18.3 Å². The summed E-state index contributed by atoms with van der Waals surface area (Å²) in [5.74, 6) is -1.36. The first-order valence-corrected chi connectivity index (χ1v) is 7.97. The molecule has 2 rings (SSSR count). The van der Waals surface area contributed by atoms with Gasteiger partial charge in [-0.05, 0) is 54.0 Å². The monoisotopic (exact) mass is 366 g/mol. The Balaban J connectivity index is 1.95. The van der Waals surface area contributed by atoms with Crippen molar-refractivity contribution in [2.24, 2.45) is 0 Å². The Morgan fingerprint density at radius 2 is 1.70 bits per heavy atom.